The molecule has 36 heavy (non-hydrogen) atoms. The van der Waals surface area contributed by atoms with E-state index in [1.54, 1.807) is 0 Å². The Hall–Kier alpha value is -2.27. The van der Waals surface area contributed by atoms with Crippen LogP contribution in [0.2, 0.25) is 0 Å². The minimum atomic E-state index is -8.63. The first-order valence-electron chi connectivity index (χ1n) is 8.68. The SMILES string of the molecule is FC(F)(F)C(F)(F)C(F)(F)C(F)(F)C(F)(F)C(F)(F)C(F)(F)C(F)(F)/C=C/c1csc2ccccc12. The average molecular weight is 578 g/mol. The number of thiophene rings is 1. The fraction of sp³-hybridized carbons (Fsp3) is 0.444. The van der Waals surface area contributed by atoms with Gasteiger partial charge in [0.25, 0.3) is 0 Å². The number of allylic oxidation sites excluding steroid dienone is 1. The molecule has 204 valence electrons. The maximum atomic E-state index is 13.9. The van der Waals surface area contributed by atoms with Crippen LogP contribution in [0, 0.1) is 0 Å². The highest BCUT2D eigenvalue weighted by Gasteiger charge is 2.95. The van der Waals surface area contributed by atoms with Crippen molar-refractivity contribution in [3.05, 3.63) is 41.3 Å². The van der Waals surface area contributed by atoms with Crippen LogP contribution in [0.25, 0.3) is 16.2 Å². The molecule has 0 saturated heterocycles. The molecule has 0 spiro atoms. The summed E-state index contributed by atoms with van der Waals surface area (Å²) in [4.78, 5) is 0. The molecule has 0 aliphatic rings. The Balaban J connectivity index is 2.56. The van der Waals surface area contributed by atoms with Crippen LogP contribution in [0.15, 0.2) is 35.7 Å². The van der Waals surface area contributed by atoms with E-state index in [9.17, 15) is 74.6 Å². The number of hydrogen-bond acceptors (Lipinski definition) is 1. The van der Waals surface area contributed by atoms with Gasteiger partial charge in [0.1, 0.15) is 0 Å². The van der Waals surface area contributed by atoms with Gasteiger partial charge in [0, 0.05) is 4.70 Å². The second-order valence-corrected chi connectivity index (χ2v) is 8.00. The Morgan fingerprint density at radius 1 is 0.528 bits per heavy atom. The fourth-order valence-electron chi connectivity index (χ4n) is 2.60. The Kier molecular flexibility index (Phi) is 6.97. The standard InChI is InChI=1S/C18H7F17S/c19-11(20,6-5-8-7-36-10-4-2-1-3-9(8)10)12(21,22)13(23,24)14(25,26)15(27,28)16(29,30)17(31,32)18(33,34)35/h1-7H/b6-5+. The second-order valence-electron chi connectivity index (χ2n) is 7.09. The first-order valence-corrected chi connectivity index (χ1v) is 9.56. The van der Waals surface area contributed by atoms with Crippen LogP contribution in [0.1, 0.15) is 5.56 Å². The minimum Gasteiger partial charge on any atom is -0.195 e. The normalized spacial score (nSPS) is 15.8. The molecule has 0 amide bonds. The quantitative estimate of drug-likeness (QED) is 0.275. The fourth-order valence-corrected chi connectivity index (χ4v) is 3.53. The third kappa shape index (κ3) is 3.98. The van der Waals surface area contributed by atoms with E-state index in [0.29, 0.717) is 4.70 Å². The van der Waals surface area contributed by atoms with Gasteiger partial charge in [-0.05, 0) is 28.5 Å². The van der Waals surface area contributed by atoms with Crippen molar-refractivity contribution < 1.29 is 74.6 Å². The molecule has 0 fully saturated rings. The molecule has 0 radical (unpaired) electrons. The molecule has 1 aromatic carbocycles. The molecule has 0 unspecified atom stereocenters. The van der Waals surface area contributed by atoms with Gasteiger partial charge >= 0.3 is 47.6 Å². The van der Waals surface area contributed by atoms with Crippen LogP contribution < -0.4 is 0 Å². The molecule has 2 rings (SSSR count). The topological polar surface area (TPSA) is 0 Å². The summed E-state index contributed by atoms with van der Waals surface area (Å²) in [7, 11) is 0. The van der Waals surface area contributed by atoms with E-state index in [1.165, 1.54) is 24.3 Å². The van der Waals surface area contributed by atoms with Crippen LogP contribution in [0.3, 0.4) is 0 Å². The van der Waals surface area contributed by atoms with Crippen LogP contribution >= 0.6 is 11.3 Å². The zero-order chi connectivity index (χ0) is 28.4. The molecule has 0 bridgehead atoms. The van der Waals surface area contributed by atoms with Crippen molar-refractivity contribution in [3.63, 3.8) is 0 Å². The molecule has 0 N–H and O–H groups in total. The molecule has 0 atom stereocenters. The number of benzene rings is 1. The lowest BCUT2D eigenvalue weighted by atomic mass is 9.89. The van der Waals surface area contributed by atoms with Crippen molar-refractivity contribution in [3.8, 4) is 0 Å². The number of fused-ring (bicyclic) bond motifs is 1. The largest absolute Gasteiger partial charge is 0.460 e. The lowest BCUT2D eigenvalue weighted by Crippen LogP contribution is -2.74. The van der Waals surface area contributed by atoms with Crippen LogP contribution in [-0.2, 0) is 0 Å². The van der Waals surface area contributed by atoms with E-state index in [2.05, 4.69) is 0 Å². The summed E-state index contributed by atoms with van der Waals surface area (Å²) >= 11 is 0.795. The monoisotopic (exact) mass is 578 g/mol. The van der Waals surface area contributed by atoms with Gasteiger partial charge < -0.3 is 0 Å². The van der Waals surface area contributed by atoms with Gasteiger partial charge in [0.05, 0.1) is 0 Å². The van der Waals surface area contributed by atoms with E-state index in [0.717, 1.165) is 16.7 Å². The summed E-state index contributed by atoms with van der Waals surface area (Å²) in [6, 6.07) is 5.30. The van der Waals surface area contributed by atoms with E-state index in [4.69, 9.17) is 0 Å². The van der Waals surface area contributed by atoms with Crippen molar-refractivity contribution >= 4 is 27.5 Å². The van der Waals surface area contributed by atoms with Gasteiger partial charge in [-0.3, -0.25) is 0 Å². The molecule has 0 aliphatic heterocycles. The average Bonchev–Trinajstić information content (AvgIpc) is 3.13. The van der Waals surface area contributed by atoms with Crippen molar-refractivity contribution in [2.75, 3.05) is 0 Å². The zero-order valence-corrected chi connectivity index (χ0v) is 17.2. The van der Waals surface area contributed by atoms with Gasteiger partial charge in [0.2, 0.25) is 0 Å². The molecule has 18 heteroatoms. The Morgan fingerprint density at radius 2 is 0.944 bits per heavy atom. The second kappa shape index (κ2) is 8.37. The van der Waals surface area contributed by atoms with Gasteiger partial charge in [-0.15, -0.1) is 11.3 Å². The van der Waals surface area contributed by atoms with E-state index < -0.39 is 59.3 Å². The molecule has 0 saturated carbocycles. The van der Waals surface area contributed by atoms with Crippen LogP contribution in [0.5, 0.6) is 0 Å². The maximum absolute atomic E-state index is 13.9. The number of hydrogen-bond donors (Lipinski definition) is 0. The summed E-state index contributed by atoms with van der Waals surface area (Å²) < 4.78 is 226. The predicted molar refractivity (Wildman–Crippen MR) is 91.5 cm³/mol. The highest BCUT2D eigenvalue weighted by molar-refractivity contribution is 7.17. The van der Waals surface area contributed by atoms with Gasteiger partial charge in [-0.1, -0.05) is 24.3 Å². The van der Waals surface area contributed by atoms with Gasteiger partial charge in [0.15, 0.2) is 0 Å². The van der Waals surface area contributed by atoms with Crippen LogP contribution in [-0.4, -0.2) is 47.6 Å². The molecule has 0 nitrogen and oxygen atoms in total. The number of alkyl halides is 17. The summed E-state index contributed by atoms with van der Waals surface area (Å²) in [6.45, 7) is 0. The zero-order valence-electron chi connectivity index (χ0n) is 16.4. The molecular formula is C18H7F17S. The van der Waals surface area contributed by atoms with Crippen LogP contribution in [0.4, 0.5) is 74.6 Å². The van der Waals surface area contributed by atoms with E-state index in [1.807, 2.05) is 0 Å². The molecule has 0 aliphatic carbocycles. The lowest BCUT2D eigenvalue weighted by Gasteiger charge is -2.42. The smallest absolute Gasteiger partial charge is 0.195 e. The third-order valence-corrected chi connectivity index (χ3v) is 5.71. The summed E-state index contributed by atoms with van der Waals surface area (Å²) in [5, 5.41) is 1.02. The first-order chi connectivity index (χ1) is 15.8. The van der Waals surface area contributed by atoms with Gasteiger partial charge in [-0.25, -0.2) is 0 Å². The Morgan fingerprint density at radius 3 is 1.42 bits per heavy atom. The van der Waals surface area contributed by atoms with E-state index in [-0.39, 0.29) is 11.5 Å². The Bertz CT molecular complexity index is 1120. The van der Waals surface area contributed by atoms with E-state index >= 15 is 0 Å². The Labute approximate surface area is 192 Å². The highest BCUT2D eigenvalue weighted by Crippen LogP contribution is 2.64. The van der Waals surface area contributed by atoms with Crippen molar-refractivity contribution in [1.29, 1.82) is 0 Å². The summed E-state index contributed by atoms with van der Waals surface area (Å²) in [5.41, 5.74) is -0.400. The van der Waals surface area contributed by atoms with Crippen molar-refractivity contribution in [1.82, 2.24) is 0 Å². The van der Waals surface area contributed by atoms with Gasteiger partial charge in [-0.2, -0.15) is 74.6 Å². The molecular weight excluding hydrogens is 571 g/mol. The number of halogens is 17. The lowest BCUT2D eigenvalue weighted by molar-refractivity contribution is -0.459. The third-order valence-electron chi connectivity index (χ3n) is 4.73. The molecule has 1 aromatic heterocycles. The molecule has 2 aromatic rings. The van der Waals surface area contributed by atoms with Crippen molar-refractivity contribution in [2.24, 2.45) is 0 Å². The highest BCUT2D eigenvalue weighted by atomic mass is 32.1. The summed E-state index contributed by atoms with van der Waals surface area (Å²) in [5.74, 6) is -56.5. The van der Waals surface area contributed by atoms with Crippen molar-refractivity contribution in [2.45, 2.75) is 47.6 Å². The first kappa shape index (κ1) is 30.0. The summed E-state index contributed by atoms with van der Waals surface area (Å²) in [6.07, 6.45) is -8.98. The predicted octanol–water partition coefficient (Wildman–Crippen LogP) is 8.92. The molecule has 1 heterocycles. The number of rotatable bonds is 8. The minimum absolute atomic E-state index is 0.0362. The maximum Gasteiger partial charge on any atom is 0.460 e.